The summed E-state index contributed by atoms with van der Waals surface area (Å²) < 4.78 is 10.8. The maximum atomic E-state index is 5.53. The fraction of sp³-hybridized carbons (Fsp3) is 0.611. The van der Waals surface area contributed by atoms with Crippen LogP contribution < -0.4 is 16.4 Å². The SMILES string of the molecule is NCCOCCOCCNc1nc(NC2CCCC2)nc(-c2ccsc2)n1. The molecule has 0 spiro atoms. The number of hydrogen-bond donors (Lipinski definition) is 3. The molecule has 0 bridgehead atoms. The van der Waals surface area contributed by atoms with E-state index >= 15 is 0 Å². The third-order valence-electron chi connectivity index (χ3n) is 4.27. The highest BCUT2D eigenvalue weighted by molar-refractivity contribution is 7.08. The van der Waals surface area contributed by atoms with Crippen LogP contribution in [0.25, 0.3) is 11.4 Å². The van der Waals surface area contributed by atoms with E-state index in [4.69, 9.17) is 15.2 Å². The lowest BCUT2D eigenvalue weighted by molar-refractivity contribution is 0.0547. The highest BCUT2D eigenvalue weighted by Gasteiger charge is 2.17. The molecule has 0 aliphatic heterocycles. The highest BCUT2D eigenvalue weighted by Crippen LogP contribution is 2.24. The number of aromatic nitrogens is 3. The summed E-state index contributed by atoms with van der Waals surface area (Å²) in [6.07, 6.45) is 4.86. The molecule has 0 aromatic carbocycles. The average molecular weight is 393 g/mol. The number of ether oxygens (including phenoxy) is 2. The molecule has 1 aliphatic rings. The van der Waals surface area contributed by atoms with Crippen molar-refractivity contribution in [3.05, 3.63) is 16.8 Å². The Hall–Kier alpha value is -1.81. The lowest BCUT2D eigenvalue weighted by Gasteiger charge is -2.14. The van der Waals surface area contributed by atoms with Crippen molar-refractivity contribution in [2.45, 2.75) is 31.7 Å². The van der Waals surface area contributed by atoms with Crippen molar-refractivity contribution in [3.63, 3.8) is 0 Å². The Balaban J connectivity index is 1.54. The Morgan fingerprint density at radius 1 is 1.04 bits per heavy atom. The number of nitrogens with zero attached hydrogens (tertiary/aromatic N) is 3. The van der Waals surface area contributed by atoms with Gasteiger partial charge in [-0.25, -0.2) is 0 Å². The molecule has 1 aliphatic carbocycles. The third-order valence-corrected chi connectivity index (χ3v) is 4.95. The van der Waals surface area contributed by atoms with E-state index in [-0.39, 0.29) is 0 Å². The van der Waals surface area contributed by atoms with Gasteiger partial charge < -0.3 is 25.8 Å². The number of anilines is 2. The standard InChI is InChI=1S/C18H28N6O2S/c19-6-8-25-10-11-26-9-7-20-17-22-16(14-5-12-27-13-14)23-18(24-17)21-15-3-1-2-4-15/h5,12-13,15H,1-4,6-11,19H2,(H2,20,21,22,23,24). The molecule has 8 nitrogen and oxygen atoms in total. The van der Waals surface area contributed by atoms with E-state index in [1.165, 1.54) is 25.7 Å². The predicted molar refractivity (Wildman–Crippen MR) is 108 cm³/mol. The van der Waals surface area contributed by atoms with Crippen LogP contribution in [0.15, 0.2) is 16.8 Å². The van der Waals surface area contributed by atoms with Crippen molar-refractivity contribution in [2.75, 3.05) is 50.2 Å². The molecule has 1 fully saturated rings. The van der Waals surface area contributed by atoms with Crippen LogP contribution in [0.4, 0.5) is 11.9 Å². The molecule has 0 amide bonds. The van der Waals surface area contributed by atoms with Crippen LogP contribution in [0.5, 0.6) is 0 Å². The van der Waals surface area contributed by atoms with Crippen LogP contribution in [0.1, 0.15) is 25.7 Å². The first kappa shape index (κ1) is 19.9. The maximum absolute atomic E-state index is 5.53. The molecule has 2 aromatic heterocycles. The lowest BCUT2D eigenvalue weighted by Crippen LogP contribution is -2.19. The van der Waals surface area contributed by atoms with E-state index in [1.54, 1.807) is 11.3 Å². The molecule has 1 saturated carbocycles. The van der Waals surface area contributed by atoms with Crippen molar-refractivity contribution in [3.8, 4) is 11.4 Å². The van der Waals surface area contributed by atoms with Crippen LogP contribution in [-0.4, -0.2) is 60.5 Å². The van der Waals surface area contributed by atoms with Crippen LogP contribution in [0.2, 0.25) is 0 Å². The van der Waals surface area contributed by atoms with Gasteiger partial charge in [-0.05, 0) is 24.3 Å². The van der Waals surface area contributed by atoms with E-state index in [9.17, 15) is 0 Å². The smallest absolute Gasteiger partial charge is 0.228 e. The van der Waals surface area contributed by atoms with Crippen molar-refractivity contribution >= 4 is 23.2 Å². The topological polar surface area (TPSA) is 107 Å². The van der Waals surface area contributed by atoms with Gasteiger partial charge in [-0.1, -0.05) is 12.8 Å². The van der Waals surface area contributed by atoms with Gasteiger partial charge in [-0.15, -0.1) is 0 Å². The third kappa shape index (κ3) is 6.69. The molecule has 27 heavy (non-hydrogen) atoms. The predicted octanol–water partition coefficient (Wildman–Crippen LogP) is 2.36. The molecule has 0 atom stereocenters. The van der Waals surface area contributed by atoms with Gasteiger partial charge in [0.05, 0.1) is 26.4 Å². The molecule has 0 radical (unpaired) electrons. The first-order chi connectivity index (χ1) is 13.3. The van der Waals surface area contributed by atoms with Crippen LogP contribution in [-0.2, 0) is 9.47 Å². The Bertz CT molecular complexity index is 664. The van der Waals surface area contributed by atoms with E-state index in [0.29, 0.717) is 63.3 Å². The monoisotopic (exact) mass is 392 g/mol. The summed E-state index contributed by atoms with van der Waals surface area (Å²) >= 11 is 1.63. The first-order valence-electron chi connectivity index (χ1n) is 9.50. The maximum Gasteiger partial charge on any atom is 0.228 e. The van der Waals surface area contributed by atoms with Gasteiger partial charge in [-0.2, -0.15) is 26.3 Å². The second-order valence-corrected chi connectivity index (χ2v) is 7.16. The first-order valence-corrected chi connectivity index (χ1v) is 10.4. The largest absolute Gasteiger partial charge is 0.378 e. The number of rotatable bonds is 12. The Morgan fingerprint density at radius 3 is 2.56 bits per heavy atom. The van der Waals surface area contributed by atoms with E-state index in [1.807, 2.05) is 16.8 Å². The minimum atomic E-state index is 0.451. The normalized spacial score (nSPS) is 14.6. The number of nitrogens with two attached hydrogens (primary N) is 1. The minimum absolute atomic E-state index is 0.451. The lowest BCUT2D eigenvalue weighted by atomic mass is 10.2. The fourth-order valence-electron chi connectivity index (χ4n) is 2.93. The van der Waals surface area contributed by atoms with Gasteiger partial charge >= 0.3 is 0 Å². The average Bonchev–Trinajstić information content (AvgIpc) is 3.38. The Labute approximate surface area is 163 Å². The van der Waals surface area contributed by atoms with E-state index in [0.717, 1.165) is 5.56 Å². The van der Waals surface area contributed by atoms with E-state index in [2.05, 4.69) is 25.6 Å². The fourth-order valence-corrected chi connectivity index (χ4v) is 3.57. The summed E-state index contributed by atoms with van der Waals surface area (Å²) in [7, 11) is 0. The zero-order valence-electron chi connectivity index (χ0n) is 15.5. The molecule has 148 valence electrons. The second kappa shape index (κ2) is 11.1. The number of thiophene rings is 1. The summed E-state index contributed by atoms with van der Waals surface area (Å²) in [6.45, 7) is 3.37. The molecular formula is C18H28N6O2S. The molecule has 2 aromatic rings. The molecule has 3 rings (SSSR count). The quantitative estimate of drug-likeness (QED) is 0.473. The summed E-state index contributed by atoms with van der Waals surface area (Å²) in [5.41, 5.74) is 6.37. The van der Waals surface area contributed by atoms with Crippen LogP contribution in [0.3, 0.4) is 0 Å². The van der Waals surface area contributed by atoms with Gasteiger partial charge in [0, 0.05) is 30.1 Å². The van der Waals surface area contributed by atoms with Gasteiger partial charge in [0.15, 0.2) is 5.82 Å². The summed E-state index contributed by atoms with van der Waals surface area (Å²) in [4.78, 5) is 13.7. The zero-order chi connectivity index (χ0) is 18.7. The Kier molecular flexibility index (Phi) is 8.22. The van der Waals surface area contributed by atoms with E-state index < -0.39 is 0 Å². The summed E-state index contributed by atoms with van der Waals surface area (Å²) in [5, 5.41) is 10.8. The van der Waals surface area contributed by atoms with Crippen LogP contribution in [0, 0.1) is 0 Å². The van der Waals surface area contributed by atoms with Gasteiger partial charge in [0.1, 0.15) is 0 Å². The molecule has 4 N–H and O–H groups in total. The molecular weight excluding hydrogens is 364 g/mol. The molecule has 0 saturated heterocycles. The summed E-state index contributed by atoms with van der Waals surface area (Å²) in [6, 6.07) is 2.47. The number of nitrogens with one attached hydrogen (secondary N) is 2. The van der Waals surface area contributed by atoms with Crippen molar-refractivity contribution < 1.29 is 9.47 Å². The highest BCUT2D eigenvalue weighted by atomic mass is 32.1. The molecule has 0 unspecified atom stereocenters. The zero-order valence-corrected chi connectivity index (χ0v) is 16.3. The van der Waals surface area contributed by atoms with Crippen molar-refractivity contribution in [1.29, 1.82) is 0 Å². The van der Waals surface area contributed by atoms with Crippen LogP contribution >= 0.6 is 11.3 Å². The van der Waals surface area contributed by atoms with Crippen molar-refractivity contribution in [2.24, 2.45) is 5.73 Å². The summed E-state index contributed by atoms with van der Waals surface area (Å²) in [5.74, 6) is 1.89. The molecule has 9 heteroatoms. The molecule has 2 heterocycles. The second-order valence-electron chi connectivity index (χ2n) is 6.38. The minimum Gasteiger partial charge on any atom is -0.378 e. The van der Waals surface area contributed by atoms with Gasteiger partial charge in [0.25, 0.3) is 0 Å². The van der Waals surface area contributed by atoms with Gasteiger partial charge in [0.2, 0.25) is 11.9 Å². The Morgan fingerprint density at radius 2 is 1.81 bits per heavy atom. The number of hydrogen-bond acceptors (Lipinski definition) is 9. The van der Waals surface area contributed by atoms with Crippen molar-refractivity contribution in [1.82, 2.24) is 15.0 Å². The van der Waals surface area contributed by atoms with Gasteiger partial charge in [-0.3, -0.25) is 0 Å².